The van der Waals surface area contributed by atoms with Crippen LogP contribution in [0.2, 0.25) is 0 Å². The highest BCUT2D eigenvalue weighted by molar-refractivity contribution is 5.47. The number of hydrogen-bond acceptors (Lipinski definition) is 4. The van der Waals surface area contributed by atoms with Gasteiger partial charge >= 0.3 is 0 Å². The summed E-state index contributed by atoms with van der Waals surface area (Å²) in [7, 11) is 0. The van der Waals surface area contributed by atoms with Crippen LogP contribution in [0.5, 0.6) is 23.0 Å². The van der Waals surface area contributed by atoms with Crippen LogP contribution in [0.3, 0.4) is 0 Å². The fourth-order valence-corrected chi connectivity index (χ4v) is 3.10. The molecule has 4 N–H and O–H groups in total. The van der Waals surface area contributed by atoms with Gasteiger partial charge in [-0.1, -0.05) is 36.4 Å². The van der Waals surface area contributed by atoms with Crippen molar-refractivity contribution < 1.29 is 9.47 Å². The lowest BCUT2D eigenvalue weighted by atomic mass is 10.0. The van der Waals surface area contributed by atoms with E-state index in [9.17, 15) is 0 Å². The second-order valence-electron chi connectivity index (χ2n) is 6.82. The van der Waals surface area contributed by atoms with Crippen LogP contribution in [0.4, 0.5) is 11.4 Å². The smallest absolute Gasteiger partial charge is 0.129 e. The van der Waals surface area contributed by atoms with Crippen LogP contribution in [0, 0.1) is 0 Å². The first-order valence-corrected chi connectivity index (χ1v) is 9.39. The standard InChI is InChI=1S/C25H22N2O2/c26-20-7-3-11-24(16-20)28-22-9-1-5-18(14-22)13-19-6-2-10-23(15-19)29-25-12-4-8-21(27)17-25/h1-12,14-17H,13,26-27H2. The molecule has 0 aliphatic carbocycles. The Labute approximate surface area is 170 Å². The Bertz CT molecular complexity index is 1040. The zero-order valence-electron chi connectivity index (χ0n) is 15.9. The van der Waals surface area contributed by atoms with E-state index in [0.29, 0.717) is 11.4 Å². The molecule has 0 spiro atoms. The molecule has 144 valence electrons. The van der Waals surface area contributed by atoms with Gasteiger partial charge in [-0.05, 0) is 66.1 Å². The Hall–Kier alpha value is -3.92. The molecule has 0 aliphatic rings. The van der Waals surface area contributed by atoms with E-state index < -0.39 is 0 Å². The second-order valence-corrected chi connectivity index (χ2v) is 6.82. The number of hydrogen-bond donors (Lipinski definition) is 2. The zero-order chi connectivity index (χ0) is 20.1. The average Bonchev–Trinajstić information content (AvgIpc) is 2.69. The van der Waals surface area contributed by atoms with Gasteiger partial charge in [0.15, 0.2) is 0 Å². The van der Waals surface area contributed by atoms with Gasteiger partial charge in [-0.2, -0.15) is 0 Å². The lowest BCUT2D eigenvalue weighted by Gasteiger charge is -2.10. The van der Waals surface area contributed by atoms with Gasteiger partial charge in [0.2, 0.25) is 0 Å². The van der Waals surface area contributed by atoms with Gasteiger partial charge in [-0.15, -0.1) is 0 Å². The first-order valence-electron chi connectivity index (χ1n) is 9.39. The lowest BCUT2D eigenvalue weighted by Crippen LogP contribution is -1.92. The number of nitrogens with two attached hydrogens (primary N) is 2. The number of anilines is 2. The summed E-state index contributed by atoms with van der Waals surface area (Å²) in [5, 5.41) is 0. The van der Waals surface area contributed by atoms with E-state index in [1.807, 2.05) is 84.9 Å². The quantitative estimate of drug-likeness (QED) is 0.400. The monoisotopic (exact) mass is 382 g/mol. The van der Waals surface area contributed by atoms with E-state index in [4.69, 9.17) is 20.9 Å². The third kappa shape index (κ3) is 5.08. The molecule has 0 amide bonds. The third-order valence-electron chi connectivity index (χ3n) is 4.39. The van der Waals surface area contributed by atoms with Gasteiger partial charge in [0.05, 0.1) is 0 Å². The van der Waals surface area contributed by atoms with Crippen molar-refractivity contribution in [3.63, 3.8) is 0 Å². The topological polar surface area (TPSA) is 70.5 Å². The van der Waals surface area contributed by atoms with Gasteiger partial charge in [-0.3, -0.25) is 0 Å². The molecule has 4 rings (SSSR count). The van der Waals surface area contributed by atoms with Crippen LogP contribution in [0.25, 0.3) is 0 Å². The molecule has 0 aromatic heterocycles. The first kappa shape index (κ1) is 18.4. The van der Waals surface area contributed by atoms with Crippen LogP contribution in [-0.2, 0) is 6.42 Å². The van der Waals surface area contributed by atoms with Crippen molar-refractivity contribution in [3.05, 3.63) is 108 Å². The summed E-state index contributed by atoms with van der Waals surface area (Å²) >= 11 is 0. The highest BCUT2D eigenvalue weighted by atomic mass is 16.5. The van der Waals surface area contributed by atoms with Crippen LogP contribution in [-0.4, -0.2) is 0 Å². The van der Waals surface area contributed by atoms with Crippen molar-refractivity contribution in [2.24, 2.45) is 0 Å². The van der Waals surface area contributed by atoms with Gasteiger partial charge < -0.3 is 20.9 Å². The molecule has 4 nitrogen and oxygen atoms in total. The molecule has 0 fully saturated rings. The maximum atomic E-state index is 5.93. The largest absolute Gasteiger partial charge is 0.457 e. The van der Waals surface area contributed by atoms with Crippen LogP contribution in [0.1, 0.15) is 11.1 Å². The predicted octanol–water partition coefficient (Wildman–Crippen LogP) is 6.03. The van der Waals surface area contributed by atoms with Crippen molar-refractivity contribution in [2.75, 3.05) is 11.5 Å². The second kappa shape index (κ2) is 8.40. The van der Waals surface area contributed by atoms with Crippen molar-refractivity contribution in [1.82, 2.24) is 0 Å². The van der Waals surface area contributed by atoms with Gasteiger partial charge in [-0.25, -0.2) is 0 Å². The highest BCUT2D eigenvalue weighted by Gasteiger charge is 2.04. The molecule has 4 heteroatoms. The average molecular weight is 382 g/mol. The molecule has 4 aromatic rings. The SMILES string of the molecule is Nc1cccc(Oc2cccc(Cc3cccc(Oc4cccc(N)c4)c3)c2)c1. The molecule has 0 aliphatic heterocycles. The minimum Gasteiger partial charge on any atom is -0.457 e. The molecule has 0 bridgehead atoms. The Morgan fingerprint density at radius 3 is 1.28 bits per heavy atom. The molecule has 0 saturated carbocycles. The number of benzene rings is 4. The fourth-order valence-electron chi connectivity index (χ4n) is 3.10. The molecule has 0 saturated heterocycles. The normalized spacial score (nSPS) is 10.5. The third-order valence-corrected chi connectivity index (χ3v) is 4.39. The van der Waals surface area contributed by atoms with Crippen LogP contribution < -0.4 is 20.9 Å². The van der Waals surface area contributed by atoms with E-state index in [-0.39, 0.29) is 0 Å². The summed E-state index contributed by atoms with van der Waals surface area (Å²) < 4.78 is 11.9. The summed E-state index contributed by atoms with van der Waals surface area (Å²) in [6, 6.07) is 30.9. The molecule has 4 aromatic carbocycles. The summed E-state index contributed by atoms with van der Waals surface area (Å²) in [6.07, 6.45) is 0.766. The van der Waals surface area contributed by atoms with Gasteiger partial charge in [0.25, 0.3) is 0 Å². The highest BCUT2D eigenvalue weighted by Crippen LogP contribution is 2.27. The minimum atomic E-state index is 0.677. The van der Waals surface area contributed by atoms with E-state index in [1.165, 1.54) is 0 Å². The van der Waals surface area contributed by atoms with Crippen molar-refractivity contribution >= 4 is 11.4 Å². The molecule has 29 heavy (non-hydrogen) atoms. The van der Waals surface area contributed by atoms with E-state index in [1.54, 1.807) is 0 Å². The molecule has 0 heterocycles. The van der Waals surface area contributed by atoms with Crippen molar-refractivity contribution in [2.45, 2.75) is 6.42 Å². The minimum absolute atomic E-state index is 0.677. The molecular weight excluding hydrogens is 360 g/mol. The Morgan fingerprint density at radius 1 is 0.483 bits per heavy atom. The van der Waals surface area contributed by atoms with E-state index in [2.05, 4.69) is 12.1 Å². The maximum Gasteiger partial charge on any atom is 0.129 e. The summed E-state index contributed by atoms with van der Waals surface area (Å²) in [6.45, 7) is 0. The van der Waals surface area contributed by atoms with E-state index >= 15 is 0 Å². The van der Waals surface area contributed by atoms with Crippen molar-refractivity contribution in [1.29, 1.82) is 0 Å². The summed E-state index contributed by atoms with van der Waals surface area (Å²) in [4.78, 5) is 0. The first-order chi connectivity index (χ1) is 14.1. The Kier molecular flexibility index (Phi) is 5.34. The van der Waals surface area contributed by atoms with Crippen LogP contribution in [0.15, 0.2) is 97.1 Å². The lowest BCUT2D eigenvalue weighted by molar-refractivity contribution is 0.482. The van der Waals surface area contributed by atoms with E-state index in [0.717, 1.165) is 40.5 Å². The molecular formula is C25H22N2O2. The van der Waals surface area contributed by atoms with Gasteiger partial charge in [0, 0.05) is 23.5 Å². The Balaban J connectivity index is 1.48. The molecule has 0 radical (unpaired) electrons. The number of nitrogen functional groups attached to an aromatic ring is 2. The van der Waals surface area contributed by atoms with Crippen LogP contribution >= 0.6 is 0 Å². The van der Waals surface area contributed by atoms with Crippen molar-refractivity contribution in [3.8, 4) is 23.0 Å². The number of rotatable bonds is 6. The Morgan fingerprint density at radius 2 is 0.862 bits per heavy atom. The summed E-state index contributed by atoms with van der Waals surface area (Å²) in [5.74, 6) is 3.00. The zero-order valence-corrected chi connectivity index (χ0v) is 15.9. The fraction of sp³-hybridized carbons (Fsp3) is 0.0400. The predicted molar refractivity (Wildman–Crippen MR) is 118 cm³/mol. The number of ether oxygens (including phenoxy) is 2. The maximum absolute atomic E-state index is 5.93. The van der Waals surface area contributed by atoms with Gasteiger partial charge in [0.1, 0.15) is 23.0 Å². The molecule has 0 unspecified atom stereocenters. The summed E-state index contributed by atoms with van der Waals surface area (Å²) in [5.41, 5.74) is 15.3. The molecule has 0 atom stereocenters.